The quantitative estimate of drug-likeness (QED) is 0.526. The molecule has 158 valence electrons. The van der Waals surface area contributed by atoms with Crippen molar-refractivity contribution in [3.05, 3.63) is 65.7 Å². The predicted octanol–water partition coefficient (Wildman–Crippen LogP) is 3.52. The molecule has 3 aromatic rings. The van der Waals surface area contributed by atoms with E-state index in [4.69, 9.17) is 9.47 Å². The number of rotatable bonds is 9. The summed E-state index contributed by atoms with van der Waals surface area (Å²) in [4.78, 5) is 0.271. The third-order valence-electron chi connectivity index (χ3n) is 4.37. The molecule has 0 atom stereocenters. The first-order chi connectivity index (χ1) is 14.4. The van der Waals surface area contributed by atoms with Gasteiger partial charge in [0, 0.05) is 18.2 Å². The number of aromatic nitrogens is 2. The van der Waals surface area contributed by atoms with Gasteiger partial charge in [0.1, 0.15) is 12.4 Å². The summed E-state index contributed by atoms with van der Waals surface area (Å²) < 4.78 is 38.4. The molecular formula is C22H25N3O4S. The van der Waals surface area contributed by atoms with Crippen LogP contribution in [-0.2, 0) is 10.0 Å². The summed E-state index contributed by atoms with van der Waals surface area (Å²) in [5.41, 5.74) is 3.35. The highest BCUT2D eigenvalue weighted by Crippen LogP contribution is 2.21. The number of nitrogens with one attached hydrogen (secondary N) is 1. The molecule has 1 heterocycles. The minimum Gasteiger partial charge on any atom is -0.494 e. The van der Waals surface area contributed by atoms with Gasteiger partial charge in [-0.2, -0.15) is 0 Å². The maximum Gasteiger partial charge on any atom is 0.240 e. The van der Waals surface area contributed by atoms with Crippen molar-refractivity contribution in [2.75, 3.05) is 19.8 Å². The first-order valence-corrected chi connectivity index (χ1v) is 11.1. The van der Waals surface area contributed by atoms with E-state index in [0.717, 1.165) is 16.9 Å². The number of nitrogens with zero attached hydrogens (tertiary/aromatic N) is 2. The number of sulfonamides is 1. The number of hydrogen-bond donors (Lipinski definition) is 1. The number of aryl methyl sites for hydroxylation is 2. The van der Waals surface area contributed by atoms with Crippen LogP contribution in [0.1, 0.15) is 18.1 Å². The summed E-state index contributed by atoms with van der Waals surface area (Å²) in [7, 11) is -3.59. The molecule has 7 nitrogen and oxygen atoms in total. The summed E-state index contributed by atoms with van der Waals surface area (Å²) in [6.45, 7) is 6.52. The van der Waals surface area contributed by atoms with Crippen molar-refractivity contribution in [2.45, 2.75) is 25.7 Å². The molecule has 0 spiro atoms. The van der Waals surface area contributed by atoms with Crippen molar-refractivity contribution in [3.63, 3.8) is 0 Å². The molecule has 0 saturated carbocycles. The standard InChI is InChI=1S/C22H25N3O4S/c1-4-28-19-8-6-18(7-9-19)20-10-12-22(25-24-20)29-14-13-23-30(26,27)21-11-5-16(2)15-17(21)3/h5-12,15,23H,4,13-14H2,1-3H3. The lowest BCUT2D eigenvalue weighted by molar-refractivity contribution is 0.307. The van der Waals surface area contributed by atoms with Crippen molar-refractivity contribution in [1.82, 2.24) is 14.9 Å². The number of hydrogen-bond acceptors (Lipinski definition) is 6. The first-order valence-electron chi connectivity index (χ1n) is 9.66. The second kappa shape index (κ2) is 9.69. The highest BCUT2D eigenvalue weighted by Gasteiger charge is 2.16. The Morgan fingerprint density at radius 3 is 2.33 bits per heavy atom. The molecule has 0 bridgehead atoms. The van der Waals surface area contributed by atoms with E-state index in [0.29, 0.717) is 23.7 Å². The van der Waals surface area contributed by atoms with E-state index < -0.39 is 10.0 Å². The second-order valence-corrected chi connectivity index (χ2v) is 8.46. The van der Waals surface area contributed by atoms with Gasteiger partial charge in [-0.1, -0.05) is 17.7 Å². The molecular weight excluding hydrogens is 402 g/mol. The monoisotopic (exact) mass is 427 g/mol. The van der Waals surface area contributed by atoms with Crippen LogP contribution >= 0.6 is 0 Å². The van der Waals surface area contributed by atoms with Gasteiger partial charge in [-0.15, -0.1) is 10.2 Å². The Bertz CT molecular complexity index is 1080. The average molecular weight is 428 g/mol. The van der Waals surface area contributed by atoms with Crippen molar-refractivity contribution in [1.29, 1.82) is 0 Å². The van der Waals surface area contributed by atoms with Crippen LogP contribution in [-0.4, -0.2) is 38.4 Å². The van der Waals surface area contributed by atoms with Crippen LogP contribution in [0.3, 0.4) is 0 Å². The molecule has 1 aromatic heterocycles. The SMILES string of the molecule is CCOc1ccc(-c2ccc(OCCNS(=O)(=O)c3ccc(C)cc3C)nn2)cc1. The van der Waals surface area contributed by atoms with Crippen molar-refractivity contribution in [2.24, 2.45) is 0 Å². The summed E-state index contributed by atoms with van der Waals surface area (Å²) in [5, 5.41) is 8.21. The van der Waals surface area contributed by atoms with Gasteiger partial charge in [0.25, 0.3) is 0 Å². The highest BCUT2D eigenvalue weighted by molar-refractivity contribution is 7.89. The zero-order chi connectivity index (χ0) is 21.6. The maximum atomic E-state index is 12.4. The second-order valence-electron chi connectivity index (χ2n) is 6.73. The third kappa shape index (κ3) is 5.55. The summed E-state index contributed by atoms with van der Waals surface area (Å²) in [6, 6.07) is 16.3. The van der Waals surface area contributed by atoms with E-state index in [1.54, 1.807) is 31.2 Å². The zero-order valence-corrected chi connectivity index (χ0v) is 18.1. The Balaban J connectivity index is 1.53. The van der Waals surface area contributed by atoms with Gasteiger partial charge in [-0.25, -0.2) is 13.1 Å². The van der Waals surface area contributed by atoms with E-state index in [1.165, 1.54) is 0 Å². The van der Waals surface area contributed by atoms with Crippen LogP contribution in [0.4, 0.5) is 0 Å². The van der Waals surface area contributed by atoms with E-state index >= 15 is 0 Å². The fourth-order valence-electron chi connectivity index (χ4n) is 2.95. The van der Waals surface area contributed by atoms with E-state index in [2.05, 4.69) is 14.9 Å². The topological polar surface area (TPSA) is 90.4 Å². The summed E-state index contributed by atoms with van der Waals surface area (Å²) in [5.74, 6) is 1.13. The molecule has 1 N–H and O–H groups in total. The lowest BCUT2D eigenvalue weighted by atomic mass is 10.1. The molecule has 0 aliphatic carbocycles. The van der Waals surface area contributed by atoms with Gasteiger partial charge in [-0.05, 0) is 62.7 Å². The molecule has 0 fully saturated rings. The lowest BCUT2D eigenvalue weighted by Gasteiger charge is -2.10. The third-order valence-corrected chi connectivity index (χ3v) is 5.99. The fourth-order valence-corrected chi connectivity index (χ4v) is 4.19. The molecule has 0 saturated heterocycles. The van der Waals surface area contributed by atoms with Crippen LogP contribution in [0.15, 0.2) is 59.5 Å². The van der Waals surface area contributed by atoms with E-state index in [1.807, 2.05) is 44.2 Å². The Labute approximate surface area is 177 Å². The Kier molecular flexibility index (Phi) is 7.02. The molecule has 8 heteroatoms. The fraction of sp³-hybridized carbons (Fsp3) is 0.273. The lowest BCUT2D eigenvalue weighted by Crippen LogP contribution is -2.29. The summed E-state index contributed by atoms with van der Waals surface area (Å²) >= 11 is 0. The van der Waals surface area contributed by atoms with Crippen LogP contribution < -0.4 is 14.2 Å². The van der Waals surface area contributed by atoms with Gasteiger partial charge in [0.2, 0.25) is 15.9 Å². The predicted molar refractivity (Wildman–Crippen MR) is 115 cm³/mol. The Hall–Kier alpha value is -2.97. The van der Waals surface area contributed by atoms with Crippen LogP contribution in [0, 0.1) is 13.8 Å². The summed E-state index contributed by atoms with van der Waals surface area (Å²) in [6.07, 6.45) is 0. The molecule has 0 unspecified atom stereocenters. The molecule has 30 heavy (non-hydrogen) atoms. The van der Waals surface area contributed by atoms with Gasteiger partial charge in [-0.3, -0.25) is 0 Å². The van der Waals surface area contributed by atoms with Gasteiger partial charge >= 0.3 is 0 Å². The maximum absolute atomic E-state index is 12.4. The van der Waals surface area contributed by atoms with Crippen molar-refractivity contribution < 1.29 is 17.9 Å². The highest BCUT2D eigenvalue weighted by atomic mass is 32.2. The van der Waals surface area contributed by atoms with E-state index in [-0.39, 0.29) is 18.0 Å². The number of benzene rings is 2. The zero-order valence-electron chi connectivity index (χ0n) is 17.3. The minimum absolute atomic E-state index is 0.123. The van der Waals surface area contributed by atoms with Crippen LogP contribution in [0.25, 0.3) is 11.3 Å². The van der Waals surface area contributed by atoms with Gasteiger partial charge in [0.05, 0.1) is 17.2 Å². The Morgan fingerprint density at radius 1 is 0.933 bits per heavy atom. The largest absolute Gasteiger partial charge is 0.494 e. The average Bonchev–Trinajstić information content (AvgIpc) is 2.72. The minimum atomic E-state index is -3.59. The molecule has 0 amide bonds. The molecule has 2 aromatic carbocycles. The number of ether oxygens (including phenoxy) is 2. The molecule has 0 aliphatic rings. The van der Waals surface area contributed by atoms with Gasteiger partial charge in [0.15, 0.2) is 0 Å². The van der Waals surface area contributed by atoms with Crippen molar-refractivity contribution in [3.8, 4) is 22.9 Å². The molecule has 0 aliphatic heterocycles. The normalized spacial score (nSPS) is 11.3. The smallest absolute Gasteiger partial charge is 0.240 e. The van der Waals surface area contributed by atoms with Gasteiger partial charge < -0.3 is 9.47 Å². The van der Waals surface area contributed by atoms with E-state index in [9.17, 15) is 8.42 Å². The molecule has 0 radical (unpaired) electrons. The van der Waals surface area contributed by atoms with Crippen LogP contribution in [0.5, 0.6) is 11.6 Å². The Morgan fingerprint density at radius 2 is 1.70 bits per heavy atom. The molecule has 3 rings (SSSR count). The van der Waals surface area contributed by atoms with Crippen LogP contribution in [0.2, 0.25) is 0 Å². The first kappa shape index (κ1) is 21.7. The van der Waals surface area contributed by atoms with Crippen molar-refractivity contribution >= 4 is 10.0 Å².